The number of nitrogens with two attached hydrogens (primary N) is 1. The topological polar surface area (TPSA) is 64.3 Å². The molecule has 1 aromatic rings. The van der Waals surface area contributed by atoms with Crippen LogP contribution in [0, 0.1) is 5.41 Å². The lowest BCUT2D eigenvalue weighted by molar-refractivity contribution is -0.124. The van der Waals surface area contributed by atoms with Crippen molar-refractivity contribution in [2.24, 2.45) is 11.1 Å². The van der Waals surface area contributed by atoms with Crippen LogP contribution in [0.5, 0.6) is 0 Å². The molecule has 0 aliphatic heterocycles. The fourth-order valence-corrected chi connectivity index (χ4v) is 1.83. The van der Waals surface area contributed by atoms with Gasteiger partial charge in [-0.1, -0.05) is 44.2 Å². The molecule has 1 rings (SSSR count). The van der Waals surface area contributed by atoms with Gasteiger partial charge in [-0.05, 0) is 17.5 Å². The Balaban J connectivity index is 2.67. The number of hydrogen-bond acceptors (Lipinski definition) is 3. The van der Waals surface area contributed by atoms with E-state index in [0.717, 1.165) is 5.56 Å². The molecule has 1 aromatic carbocycles. The van der Waals surface area contributed by atoms with Crippen LogP contribution in [0.4, 0.5) is 0 Å². The number of methoxy groups -OCH3 is 1. The van der Waals surface area contributed by atoms with Gasteiger partial charge in [-0.3, -0.25) is 4.79 Å². The van der Waals surface area contributed by atoms with Crippen LogP contribution in [0.3, 0.4) is 0 Å². The average Bonchev–Trinajstić information content (AvgIpc) is 2.38. The molecule has 1 amide bonds. The Bertz CT molecular complexity index is 390. The zero-order chi connectivity index (χ0) is 14.3. The lowest BCUT2D eigenvalue weighted by Crippen LogP contribution is -2.36. The van der Waals surface area contributed by atoms with Gasteiger partial charge in [0.05, 0.1) is 12.6 Å². The number of carbonyl (C=O) groups excluding carboxylic acids is 1. The summed E-state index contributed by atoms with van der Waals surface area (Å²) in [5, 5.41) is 3.01. The first-order valence-electron chi connectivity index (χ1n) is 6.52. The molecule has 0 radical (unpaired) electrons. The second kappa shape index (κ2) is 7.26. The second-order valence-corrected chi connectivity index (χ2v) is 5.53. The summed E-state index contributed by atoms with van der Waals surface area (Å²) in [5.41, 5.74) is 6.51. The third-order valence-electron chi connectivity index (χ3n) is 3.06. The first-order valence-corrected chi connectivity index (χ1v) is 6.52. The van der Waals surface area contributed by atoms with Gasteiger partial charge in [-0.2, -0.15) is 0 Å². The van der Waals surface area contributed by atoms with Gasteiger partial charge in [-0.25, -0.2) is 0 Å². The van der Waals surface area contributed by atoms with Crippen molar-refractivity contribution < 1.29 is 9.53 Å². The van der Waals surface area contributed by atoms with Crippen molar-refractivity contribution in [3.05, 3.63) is 35.9 Å². The van der Waals surface area contributed by atoms with Gasteiger partial charge >= 0.3 is 0 Å². The van der Waals surface area contributed by atoms with Crippen LogP contribution < -0.4 is 11.1 Å². The van der Waals surface area contributed by atoms with Crippen molar-refractivity contribution in [1.29, 1.82) is 0 Å². The Hall–Kier alpha value is -1.39. The van der Waals surface area contributed by atoms with E-state index in [-0.39, 0.29) is 17.4 Å². The fourth-order valence-electron chi connectivity index (χ4n) is 1.83. The molecule has 19 heavy (non-hydrogen) atoms. The predicted molar refractivity (Wildman–Crippen MR) is 76.7 cm³/mol. The van der Waals surface area contributed by atoms with Crippen LogP contribution >= 0.6 is 0 Å². The highest BCUT2D eigenvalue weighted by molar-refractivity contribution is 5.77. The van der Waals surface area contributed by atoms with Gasteiger partial charge in [0.1, 0.15) is 0 Å². The smallest absolute Gasteiger partial charge is 0.221 e. The lowest BCUT2D eigenvalue weighted by atomic mass is 9.89. The Morgan fingerprint density at radius 1 is 1.37 bits per heavy atom. The standard InChI is InChI=1S/C15H24N2O2/c1-15(2,11-16)9-14(18)17-13(10-19-3)12-7-5-4-6-8-12/h4-8,13H,9-11,16H2,1-3H3,(H,17,18)/t13-/m1/s1. The van der Waals surface area contributed by atoms with Crippen LogP contribution in [0.25, 0.3) is 0 Å². The highest BCUT2D eigenvalue weighted by Gasteiger charge is 2.22. The van der Waals surface area contributed by atoms with E-state index in [1.807, 2.05) is 44.2 Å². The molecular weight excluding hydrogens is 240 g/mol. The third kappa shape index (κ3) is 5.41. The Morgan fingerprint density at radius 2 is 2.00 bits per heavy atom. The highest BCUT2D eigenvalue weighted by Crippen LogP contribution is 2.19. The van der Waals surface area contributed by atoms with E-state index < -0.39 is 0 Å². The molecule has 0 unspecified atom stereocenters. The molecule has 0 bridgehead atoms. The highest BCUT2D eigenvalue weighted by atomic mass is 16.5. The number of carbonyl (C=O) groups is 1. The van der Waals surface area contributed by atoms with Crippen molar-refractivity contribution >= 4 is 5.91 Å². The third-order valence-corrected chi connectivity index (χ3v) is 3.06. The van der Waals surface area contributed by atoms with Crippen molar-refractivity contribution in [3.63, 3.8) is 0 Å². The minimum atomic E-state index is -0.182. The van der Waals surface area contributed by atoms with E-state index in [9.17, 15) is 4.79 Å². The maximum absolute atomic E-state index is 12.1. The number of hydrogen-bond donors (Lipinski definition) is 2. The number of rotatable bonds is 7. The van der Waals surface area contributed by atoms with Crippen LogP contribution in [-0.2, 0) is 9.53 Å². The van der Waals surface area contributed by atoms with Gasteiger partial charge in [-0.15, -0.1) is 0 Å². The van der Waals surface area contributed by atoms with E-state index >= 15 is 0 Å². The van der Waals surface area contributed by atoms with Crippen molar-refractivity contribution in [2.45, 2.75) is 26.3 Å². The van der Waals surface area contributed by atoms with Crippen LogP contribution in [0.1, 0.15) is 31.9 Å². The van der Waals surface area contributed by atoms with Crippen molar-refractivity contribution in [1.82, 2.24) is 5.32 Å². The molecule has 0 heterocycles. The Labute approximate surface area is 115 Å². The summed E-state index contributed by atoms with van der Waals surface area (Å²) in [6, 6.07) is 9.71. The second-order valence-electron chi connectivity index (χ2n) is 5.53. The molecule has 3 N–H and O–H groups in total. The van der Waals surface area contributed by atoms with Crippen LogP contribution in [0.15, 0.2) is 30.3 Å². The summed E-state index contributed by atoms with van der Waals surface area (Å²) in [7, 11) is 1.63. The molecule has 1 atom stereocenters. The van der Waals surface area contributed by atoms with E-state index in [4.69, 9.17) is 10.5 Å². The number of benzene rings is 1. The maximum atomic E-state index is 12.1. The van der Waals surface area contributed by atoms with E-state index in [0.29, 0.717) is 19.6 Å². The van der Waals surface area contributed by atoms with Gasteiger partial charge in [0, 0.05) is 13.5 Å². The fraction of sp³-hybridized carbons (Fsp3) is 0.533. The molecule has 0 saturated carbocycles. The zero-order valence-corrected chi connectivity index (χ0v) is 12.0. The van der Waals surface area contributed by atoms with Crippen molar-refractivity contribution in [3.8, 4) is 0 Å². The lowest BCUT2D eigenvalue weighted by Gasteiger charge is -2.24. The van der Waals surface area contributed by atoms with Gasteiger partial charge < -0.3 is 15.8 Å². The van der Waals surface area contributed by atoms with Crippen molar-refractivity contribution in [2.75, 3.05) is 20.3 Å². The molecule has 0 aliphatic rings. The van der Waals surface area contributed by atoms with Gasteiger partial charge in [0.2, 0.25) is 5.91 Å². The Kier molecular flexibility index (Phi) is 5.99. The minimum absolute atomic E-state index is 0.00125. The van der Waals surface area contributed by atoms with Gasteiger partial charge in [0.25, 0.3) is 0 Å². The van der Waals surface area contributed by atoms with Gasteiger partial charge in [0.15, 0.2) is 0 Å². The molecule has 106 valence electrons. The van der Waals surface area contributed by atoms with Crippen LogP contribution in [0.2, 0.25) is 0 Å². The first kappa shape index (κ1) is 15.7. The number of nitrogens with one attached hydrogen (secondary N) is 1. The SMILES string of the molecule is COC[C@@H](NC(=O)CC(C)(C)CN)c1ccccc1. The predicted octanol–water partition coefficient (Wildman–Crippen LogP) is 1.87. The minimum Gasteiger partial charge on any atom is -0.382 e. The Morgan fingerprint density at radius 3 is 2.53 bits per heavy atom. The molecule has 4 heteroatoms. The van der Waals surface area contributed by atoms with E-state index in [2.05, 4.69) is 5.32 Å². The summed E-state index contributed by atoms with van der Waals surface area (Å²) < 4.78 is 5.18. The van der Waals surface area contributed by atoms with Crippen LogP contribution in [-0.4, -0.2) is 26.2 Å². The molecule has 0 aromatic heterocycles. The molecule has 0 fully saturated rings. The largest absolute Gasteiger partial charge is 0.382 e. The van der Waals surface area contributed by atoms with E-state index in [1.165, 1.54) is 0 Å². The summed E-state index contributed by atoms with van der Waals surface area (Å²) in [5.74, 6) is 0.00125. The summed E-state index contributed by atoms with van der Waals surface area (Å²) >= 11 is 0. The normalized spacial score (nSPS) is 13.1. The first-order chi connectivity index (χ1) is 8.98. The number of ether oxygens (including phenoxy) is 1. The monoisotopic (exact) mass is 264 g/mol. The summed E-state index contributed by atoms with van der Waals surface area (Å²) in [4.78, 5) is 12.1. The maximum Gasteiger partial charge on any atom is 0.221 e. The quantitative estimate of drug-likeness (QED) is 0.790. The zero-order valence-electron chi connectivity index (χ0n) is 12.0. The summed E-state index contributed by atoms with van der Waals surface area (Å²) in [6.07, 6.45) is 0.413. The molecule has 0 saturated heterocycles. The average molecular weight is 264 g/mol. The molecule has 4 nitrogen and oxygen atoms in total. The number of amides is 1. The molecular formula is C15H24N2O2. The summed E-state index contributed by atoms with van der Waals surface area (Å²) in [6.45, 7) is 4.92. The van der Waals surface area contributed by atoms with E-state index in [1.54, 1.807) is 7.11 Å². The molecule has 0 spiro atoms. The molecule has 0 aliphatic carbocycles.